The van der Waals surface area contributed by atoms with Crippen LogP contribution in [0.4, 0.5) is 8.78 Å². The second-order valence-electron chi connectivity index (χ2n) is 25.7. The Hall–Kier alpha value is -11.1. The largest absolute Gasteiger partial charge is 0.289 e. The lowest BCUT2D eigenvalue weighted by Gasteiger charge is -2.34. The highest BCUT2D eigenvalue weighted by Crippen LogP contribution is 2.70. The van der Waals surface area contributed by atoms with Crippen molar-refractivity contribution >= 4 is 132 Å². The van der Waals surface area contributed by atoms with Gasteiger partial charge in [-0.05, 0) is 144 Å². The van der Waals surface area contributed by atoms with Crippen LogP contribution in [-0.4, -0.2) is 11.6 Å². The number of nitriles is 4. The molecule has 0 aliphatic heterocycles. The van der Waals surface area contributed by atoms with E-state index in [1.807, 2.05) is 48.5 Å². The lowest BCUT2D eigenvalue weighted by Crippen LogP contribution is -2.29. The normalized spacial score (nSPS) is 15.1. The van der Waals surface area contributed by atoms with E-state index in [-0.39, 0.29) is 45.5 Å². The topological polar surface area (TPSA) is 129 Å². The predicted molar refractivity (Wildman–Crippen MR) is 404 cm³/mol. The quantitative estimate of drug-likeness (QED) is 0.110. The van der Waals surface area contributed by atoms with Gasteiger partial charge in [0.05, 0.1) is 29.6 Å². The number of rotatable bonds is 8. The molecule has 14 aromatic rings. The Labute approximate surface area is 597 Å². The molecule has 14 heteroatoms. The molecule has 6 nitrogen and oxygen atoms in total. The molecule has 6 aromatic heterocycles. The smallest absolute Gasteiger partial charge is 0.194 e. The SMILES string of the molecule is Cc1ccc(C2(c3ccc(C)cc3)c3cc4cc(-c5ccc(C=C6C(=O)c7ccccc7C6=C(C#N)C#N)s5)sc4c(F)c3-c3sc4c5c(sc4c32)-c2c(cc3cc(-c4ccc(C=C6C(=O)c7ccccc7C6=C(C#N)C#N)s4)sc3c2F)C5(c2ccc(C)cc2)c2ccc(C)cc2)cc1. The zero-order valence-corrected chi connectivity index (χ0v) is 58.3. The molecule has 18 rings (SSSR count). The molecule has 0 bridgehead atoms. The Morgan fingerprint density at radius 3 is 1.04 bits per heavy atom. The van der Waals surface area contributed by atoms with Crippen LogP contribution < -0.4 is 0 Å². The number of fused-ring (bicyclic) bond motifs is 13. The number of halogens is 2. The van der Waals surface area contributed by atoms with Crippen molar-refractivity contribution < 1.29 is 18.4 Å². The van der Waals surface area contributed by atoms with Crippen LogP contribution in [0.25, 0.3) is 93.3 Å². The Bertz CT molecular complexity index is 5850. The first-order valence-corrected chi connectivity index (χ1v) is 37.0. The minimum atomic E-state index is -1.08. The van der Waals surface area contributed by atoms with Crippen molar-refractivity contribution in [2.75, 3.05) is 0 Å². The van der Waals surface area contributed by atoms with Gasteiger partial charge in [0.25, 0.3) is 0 Å². The van der Waals surface area contributed by atoms with E-state index in [9.17, 15) is 30.6 Å². The van der Waals surface area contributed by atoms with Gasteiger partial charge in [0.1, 0.15) is 47.1 Å². The van der Waals surface area contributed by atoms with E-state index in [0.717, 1.165) is 126 Å². The summed E-state index contributed by atoms with van der Waals surface area (Å²) in [5.41, 5.74) is 13.5. The summed E-state index contributed by atoms with van der Waals surface area (Å²) < 4.78 is 41.3. The summed E-state index contributed by atoms with van der Waals surface area (Å²) in [7, 11) is 0. The van der Waals surface area contributed by atoms with E-state index >= 15 is 8.78 Å². The zero-order valence-electron chi connectivity index (χ0n) is 53.4. The van der Waals surface area contributed by atoms with Crippen LogP contribution in [0.2, 0.25) is 0 Å². The van der Waals surface area contributed by atoms with Crippen LogP contribution in [0.3, 0.4) is 0 Å². The lowest BCUT2D eigenvalue weighted by molar-refractivity contribution is 0.103. The molecular formula is C86H46F2N4O2S6. The third-order valence-corrected chi connectivity index (χ3v) is 27.5. The predicted octanol–water partition coefficient (Wildman–Crippen LogP) is 23.2. The van der Waals surface area contributed by atoms with Crippen molar-refractivity contribution in [3.8, 4) is 64.7 Å². The van der Waals surface area contributed by atoms with Crippen molar-refractivity contribution in [3.05, 3.63) is 327 Å². The fourth-order valence-electron chi connectivity index (χ4n) is 15.7. The number of Topliss-reactive ketones (excluding diaryl/α,β-unsaturated/α-hetero) is 2. The molecule has 8 aromatic carbocycles. The summed E-state index contributed by atoms with van der Waals surface area (Å²) in [6, 6.07) is 72.9. The number of hydrogen-bond acceptors (Lipinski definition) is 12. The van der Waals surface area contributed by atoms with Crippen LogP contribution >= 0.6 is 68.0 Å². The monoisotopic (exact) mass is 1400 g/mol. The summed E-state index contributed by atoms with van der Waals surface area (Å²) in [6.45, 7) is 8.30. The lowest BCUT2D eigenvalue weighted by atomic mass is 9.66. The van der Waals surface area contributed by atoms with Crippen LogP contribution in [0.5, 0.6) is 0 Å². The van der Waals surface area contributed by atoms with Gasteiger partial charge in [-0.2, -0.15) is 21.0 Å². The highest BCUT2D eigenvalue weighted by atomic mass is 32.1. The third kappa shape index (κ3) is 8.60. The van der Waals surface area contributed by atoms with E-state index < -0.39 is 10.8 Å². The Balaban J connectivity index is 0.854. The van der Waals surface area contributed by atoms with Crippen LogP contribution in [0.15, 0.2) is 216 Å². The number of nitrogens with zero attached hydrogens (tertiary/aromatic N) is 4. The maximum atomic E-state index is 19.2. The molecule has 0 saturated heterocycles. The van der Waals surface area contributed by atoms with Gasteiger partial charge in [-0.25, -0.2) is 8.78 Å². The summed E-state index contributed by atoms with van der Waals surface area (Å²) in [6.07, 6.45) is 3.51. The first kappa shape index (κ1) is 61.2. The van der Waals surface area contributed by atoms with E-state index in [4.69, 9.17) is 0 Å². The van der Waals surface area contributed by atoms with Crippen molar-refractivity contribution in [1.29, 1.82) is 21.0 Å². The Morgan fingerprint density at radius 1 is 0.380 bits per heavy atom. The van der Waals surface area contributed by atoms with E-state index in [0.29, 0.717) is 53.9 Å². The van der Waals surface area contributed by atoms with Gasteiger partial charge in [0, 0.05) is 94.7 Å². The fraction of sp³-hybridized carbons (Fsp3) is 0.0698. The third-order valence-electron chi connectivity index (χ3n) is 20.1. The molecule has 4 aliphatic carbocycles. The molecule has 472 valence electrons. The number of aryl methyl sites for hydroxylation is 4. The number of ketones is 2. The van der Waals surface area contributed by atoms with Gasteiger partial charge < -0.3 is 0 Å². The van der Waals surface area contributed by atoms with E-state index in [1.165, 1.54) is 45.3 Å². The number of carbonyl (C=O) groups is 2. The highest BCUT2D eigenvalue weighted by molar-refractivity contribution is 7.32. The van der Waals surface area contributed by atoms with Gasteiger partial charge >= 0.3 is 0 Å². The summed E-state index contributed by atoms with van der Waals surface area (Å²) in [5.74, 6) is -1.17. The minimum absolute atomic E-state index is 0.135. The molecule has 0 fully saturated rings. The molecule has 0 atom stereocenters. The number of hydrogen-bond donors (Lipinski definition) is 0. The average molecular weight is 1400 g/mol. The van der Waals surface area contributed by atoms with Crippen LogP contribution in [0, 0.1) is 84.7 Å². The zero-order chi connectivity index (χ0) is 68.4. The molecule has 0 spiro atoms. The number of allylic oxidation sites excluding steroid dienone is 6. The molecule has 0 N–H and O–H groups in total. The number of carbonyl (C=O) groups excluding carboxylic acids is 2. The van der Waals surface area contributed by atoms with Crippen molar-refractivity contribution in [2.24, 2.45) is 0 Å². The van der Waals surface area contributed by atoms with Gasteiger partial charge in [0.15, 0.2) is 11.6 Å². The Morgan fingerprint density at radius 2 is 0.710 bits per heavy atom. The first-order chi connectivity index (χ1) is 48.7. The van der Waals surface area contributed by atoms with Gasteiger partial charge in [-0.3, -0.25) is 9.59 Å². The highest BCUT2D eigenvalue weighted by Gasteiger charge is 2.56. The molecule has 0 saturated carbocycles. The van der Waals surface area contributed by atoms with Gasteiger partial charge in [-0.15, -0.1) is 68.0 Å². The van der Waals surface area contributed by atoms with E-state index in [1.54, 1.807) is 83.4 Å². The van der Waals surface area contributed by atoms with Crippen molar-refractivity contribution in [3.63, 3.8) is 0 Å². The molecule has 4 aliphatic rings. The summed E-state index contributed by atoms with van der Waals surface area (Å²) >= 11 is 8.87. The maximum Gasteiger partial charge on any atom is 0.194 e. The standard InChI is InChI=1S/C86H46F2N4O2S6/c1-43-13-21-51(22-14-43)85(52-23-15-44(2)16-24-52)63-33-47-35-67(65-31-29-55(95-65)37-61-69(49(39-89)40-90)57-9-5-7-11-59(57)77(61)93)97-79(47)75(87)71(63)81-73(85)83-84(99-81)74-82(100-83)72-64(86(74,53-25-17-45(3)18-26-53)54-27-19-46(4)20-28-54)34-48-36-68(98-80(48)76(72)88)66-32-30-56(96-66)38-62-70(50(41-91)42-92)58-10-6-8-12-60(58)78(62)94/h5-38H,1-4H3. The molecular weight excluding hydrogens is 1350 g/mol. The first-order valence-electron chi connectivity index (χ1n) is 32.1. The van der Waals surface area contributed by atoms with Crippen molar-refractivity contribution in [1.82, 2.24) is 0 Å². The average Bonchev–Trinajstić information content (AvgIpc) is 1.48. The minimum Gasteiger partial charge on any atom is -0.289 e. The molecule has 0 unspecified atom stereocenters. The summed E-state index contributed by atoms with van der Waals surface area (Å²) in [4.78, 5) is 34.5. The fourth-order valence-corrected chi connectivity index (χ4v) is 23.1. The number of thiophene rings is 6. The molecule has 0 amide bonds. The Kier molecular flexibility index (Phi) is 13.9. The maximum absolute atomic E-state index is 19.2. The van der Waals surface area contributed by atoms with Gasteiger partial charge in [0.2, 0.25) is 0 Å². The second kappa shape index (κ2) is 22.7. The molecule has 100 heavy (non-hydrogen) atoms. The molecule has 6 heterocycles. The van der Waals surface area contributed by atoms with E-state index in [2.05, 4.69) is 149 Å². The summed E-state index contributed by atoms with van der Waals surface area (Å²) in [5, 5.41) is 41.7. The molecule has 0 radical (unpaired) electrons. The van der Waals surface area contributed by atoms with Crippen molar-refractivity contribution in [2.45, 2.75) is 38.5 Å². The number of benzene rings is 8. The second-order valence-corrected chi connectivity index (χ2v) is 32.1. The van der Waals surface area contributed by atoms with Crippen LogP contribution in [-0.2, 0) is 10.8 Å². The van der Waals surface area contributed by atoms with Crippen LogP contribution in [0.1, 0.15) is 108 Å². The van der Waals surface area contributed by atoms with Gasteiger partial charge in [-0.1, -0.05) is 168 Å².